The van der Waals surface area contributed by atoms with Crippen molar-refractivity contribution in [3.63, 3.8) is 0 Å². The highest BCUT2D eigenvalue weighted by molar-refractivity contribution is 6.18. The fraction of sp³-hybridized carbons (Fsp3) is 0. The average Bonchev–Trinajstić information content (AvgIpc) is 3.68. The smallest absolute Gasteiger partial charge is 0.163 e. The minimum atomic E-state index is 0.663. The summed E-state index contributed by atoms with van der Waals surface area (Å²) in [5.41, 5.74) is 12.6. The van der Waals surface area contributed by atoms with Crippen molar-refractivity contribution in [1.29, 1.82) is 0 Å². The Morgan fingerprint density at radius 3 is 1.56 bits per heavy atom. The Bertz CT molecular complexity index is 2880. The van der Waals surface area contributed by atoms with Crippen LogP contribution in [0, 0.1) is 0 Å². The van der Waals surface area contributed by atoms with E-state index in [2.05, 4.69) is 77.8 Å². The Labute approximate surface area is 317 Å². The first-order chi connectivity index (χ1) is 27.3. The lowest BCUT2D eigenvalue weighted by atomic mass is 9.96. The van der Waals surface area contributed by atoms with Crippen molar-refractivity contribution in [1.82, 2.24) is 24.9 Å². The van der Waals surface area contributed by atoms with Crippen molar-refractivity contribution in [2.24, 2.45) is 0 Å². The van der Waals surface area contributed by atoms with Gasteiger partial charge in [-0.05, 0) is 47.5 Å². The second-order valence-electron chi connectivity index (χ2n) is 13.3. The maximum Gasteiger partial charge on any atom is 0.163 e. The van der Waals surface area contributed by atoms with Crippen molar-refractivity contribution in [2.45, 2.75) is 0 Å². The van der Waals surface area contributed by atoms with Gasteiger partial charge in [0.2, 0.25) is 0 Å². The number of nitrogens with zero attached hydrogens (tertiary/aromatic N) is 5. The zero-order valence-electron chi connectivity index (χ0n) is 29.5. The average molecular weight is 706 g/mol. The van der Waals surface area contributed by atoms with E-state index in [1.807, 2.05) is 109 Å². The number of rotatable bonds is 7. The van der Waals surface area contributed by atoms with Gasteiger partial charge in [0, 0.05) is 45.4 Å². The van der Waals surface area contributed by atoms with Gasteiger partial charge in [-0.2, -0.15) is 0 Å². The molecule has 5 heterocycles. The van der Waals surface area contributed by atoms with E-state index in [4.69, 9.17) is 24.4 Å². The fourth-order valence-electron chi connectivity index (χ4n) is 7.17. The molecular weight excluding hydrogens is 675 g/mol. The van der Waals surface area contributed by atoms with Gasteiger partial charge in [0.1, 0.15) is 11.4 Å². The molecule has 6 nitrogen and oxygen atoms in total. The molecule has 0 aliphatic carbocycles. The normalized spacial score (nSPS) is 11.3. The van der Waals surface area contributed by atoms with E-state index in [1.54, 1.807) is 6.20 Å². The van der Waals surface area contributed by atoms with E-state index in [1.165, 1.54) is 0 Å². The van der Waals surface area contributed by atoms with Crippen molar-refractivity contribution < 1.29 is 4.42 Å². The minimum Gasteiger partial charge on any atom is -0.451 e. The third-order valence-corrected chi connectivity index (χ3v) is 9.83. The molecule has 0 fully saturated rings. The molecule has 0 bridgehead atoms. The van der Waals surface area contributed by atoms with Crippen LogP contribution >= 0.6 is 0 Å². The Morgan fingerprint density at radius 1 is 0.382 bits per heavy atom. The molecule has 5 aromatic carbocycles. The largest absolute Gasteiger partial charge is 0.451 e. The summed E-state index contributed by atoms with van der Waals surface area (Å²) in [7, 11) is 0. The maximum atomic E-state index is 6.80. The quantitative estimate of drug-likeness (QED) is 0.164. The van der Waals surface area contributed by atoms with Crippen LogP contribution in [0.1, 0.15) is 0 Å². The van der Waals surface area contributed by atoms with Crippen LogP contribution in [-0.2, 0) is 0 Å². The summed E-state index contributed by atoms with van der Waals surface area (Å²) in [6.45, 7) is 0. The van der Waals surface area contributed by atoms with Gasteiger partial charge in [0.25, 0.3) is 0 Å². The second kappa shape index (κ2) is 13.8. The summed E-state index contributed by atoms with van der Waals surface area (Å²) >= 11 is 0. The van der Waals surface area contributed by atoms with Crippen molar-refractivity contribution >= 4 is 21.9 Å². The highest BCUT2D eigenvalue weighted by atomic mass is 16.3. The highest BCUT2D eigenvalue weighted by Crippen LogP contribution is 2.46. The molecule has 0 aliphatic rings. The molecule has 10 rings (SSSR count). The number of furan rings is 1. The van der Waals surface area contributed by atoms with E-state index in [-0.39, 0.29) is 0 Å². The molecule has 0 atom stereocenters. The number of fused-ring (bicyclic) bond motifs is 3. The lowest BCUT2D eigenvalue weighted by Gasteiger charge is -2.11. The Kier molecular flexibility index (Phi) is 8.04. The predicted octanol–water partition coefficient (Wildman–Crippen LogP) is 12.2. The number of pyridine rings is 3. The predicted molar refractivity (Wildman–Crippen MR) is 221 cm³/mol. The topological polar surface area (TPSA) is 77.6 Å². The molecule has 0 amide bonds. The highest BCUT2D eigenvalue weighted by Gasteiger charge is 2.25. The Balaban J connectivity index is 1.12. The first kappa shape index (κ1) is 32.1. The summed E-state index contributed by atoms with van der Waals surface area (Å²) < 4.78 is 6.80. The fourth-order valence-corrected chi connectivity index (χ4v) is 7.17. The van der Waals surface area contributed by atoms with Gasteiger partial charge < -0.3 is 4.42 Å². The standard InChI is InChI=1S/C49H31N5O/c1-4-14-33(15-5-1)41-31-42(54-49(53-41)36-18-8-3-9-19-36)34-24-22-32(23-25-34)37-26-27-38-43(30-37)52-46(35-16-6-2-7-17-35)48-44(38)45(39-20-10-12-28-50-39)47(55-48)40-21-11-13-29-51-40/h1-31H. The molecule has 0 saturated carbocycles. The lowest BCUT2D eigenvalue weighted by Crippen LogP contribution is -1.95. The summed E-state index contributed by atoms with van der Waals surface area (Å²) in [5, 5.41) is 1.93. The third-order valence-electron chi connectivity index (χ3n) is 9.83. The molecule has 0 spiro atoms. The molecule has 0 saturated heterocycles. The molecule has 55 heavy (non-hydrogen) atoms. The van der Waals surface area contributed by atoms with E-state index in [0.717, 1.165) is 83.7 Å². The summed E-state index contributed by atoms with van der Waals surface area (Å²) in [6.07, 6.45) is 3.60. The van der Waals surface area contributed by atoms with Crippen LogP contribution in [0.2, 0.25) is 0 Å². The molecule has 0 radical (unpaired) electrons. The Hall–Kier alpha value is -7.57. The number of hydrogen-bond acceptors (Lipinski definition) is 6. The number of aromatic nitrogens is 5. The van der Waals surface area contributed by atoms with Crippen molar-refractivity contribution in [2.75, 3.05) is 0 Å². The van der Waals surface area contributed by atoms with E-state index < -0.39 is 0 Å². The van der Waals surface area contributed by atoms with Gasteiger partial charge in [-0.25, -0.2) is 15.0 Å². The maximum absolute atomic E-state index is 6.80. The van der Waals surface area contributed by atoms with Crippen LogP contribution < -0.4 is 0 Å². The monoisotopic (exact) mass is 705 g/mol. The van der Waals surface area contributed by atoms with Gasteiger partial charge in [-0.15, -0.1) is 0 Å². The molecule has 0 unspecified atom stereocenters. The van der Waals surface area contributed by atoms with Crippen LogP contribution in [-0.4, -0.2) is 24.9 Å². The number of benzene rings is 5. The van der Waals surface area contributed by atoms with E-state index >= 15 is 0 Å². The SMILES string of the molecule is c1ccc(-c2cc(-c3ccc(-c4ccc5c(c4)nc(-c4ccccc4)c4oc(-c6ccccn6)c(-c6ccccn6)c45)cc3)nc(-c3ccccc3)n2)cc1. The van der Waals surface area contributed by atoms with Gasteiger partial charge in [-0.3, -0.25) is 9.97 Å². The molecule has 5 aromatic heterocycles. The zero-order valence-corrected chi connectivity index (χ0v) is 29.5. The first-order valence-corrected chi connectivity index (χ1v) is 18.2. The lowest BCUT2D eigenvalue weighted by molar-refractivity contribution is 0.629. The van der Waals surface area contributed by atoms with Crippen LogP contribution in [0.15, 0.2) is 193 Å². The molecule has 10 aromatic rings. The summed E-state index contributed by atoms with van der Waals surface area (Å²) in [5.74, 6) is 1.36. The minimum absolute atomic E-state index is 0.663. The molecule has 258 valence electrons. The summed E-state index contributed by atoms with van der Waals surface area (Å²) in [4.78, 5) is 24.8. The van der Waals surface area contributed by atoms with E-state index in [0.29, 0.717) is 17.2 Å². The van der Waals surface area contributed by atoms with Crippen LogP contribution in [0.25, 0.3) is 101 Å². The molecule has 0 aliphatic heterocycles. The van der Waals surface area contributed by atoms with Crippen LogP contribution in [0.3, 0.4) is 0 Å². The van der Waals surface area contributed by atoms with Crippen LogP contribution in [0.4, 0.5) is 0 Å². The van der Waals surface area contributed by atoms with Gasteiger partial charge in [-0.1, -0.05) is 140 Å². The van der Waals surface area contributed by atoms with Crippen molar-refractivity contribution in [3.05, 3.63) is 188 Å². The zero-order chi connectivity index (χ0) is 36.6. The summed E-state index contributed by atoms with van der Waals surface area (Å²) in [6, 6.07) is 59.4. The molecular formula is C49H31N5O. The van der Waals surface area contributed by atoms with Crippen LogP contribution in [0.5, 0.6) is 0 Å². The van der Waals surface area contributed by atoms with Gasteiger partial charge in [0.05, 0.1) is 28.2 Å². The Morgan fingerprint density at radius 2 is 0.927 bits per heavy atom. The third kappa shape index (κ3) is 6.02. The number of hydrogen-bond donors (Lipinski definition) is 0. The molecule has 0 N–H and O–H groups in total. The second-order valence-corrected chi connectivity index (χ2v) is 13.3. The van der Waals surface area contributed by atoms with Crippen molar-refractivity contribution in [3.8, 4) is 79.0 Å². The molecule has 6 heteroatoms. The van der Waals surface area contributed by atoms with E-state index in [9.17, 15) is 0 Å². The first-order valence-electron chi connectivity index (χ1n) is 18.2. The van der Waals surface area contributed by atoms with Gasteiger partial charge >= 0.3 is 0 Å². The van der Waals surface area contributed by atoms with Gasteiger partial charge in [0.15, 0.2) is 17.2 Å².